The number of sulfonamides is 1. The third kappa shape index (κ3) is 2.29. The predicted molar refractivity (Wildman–Crippen MR) is 65.2 cm³/mol. The standard InChI is InChI=1S/C11H17NO3S/c1-11(2,3)16(14,15)12(4)9-5-7-10(13)8-6-9/h5-8,13H,1-4H3. The minimum Gasteiger partial charge on any atom is -0.508 e. The molecule has 0 saturated heterocycles. The van der Waals surface area contributed by atoms with Gasteiger partial charge in [-0.15, -0.1) is 0 Å². The lowest BCUT2D eigenvalue weighted by Crippen LogP contribution is -2.40. The molecule has 1 N–H and O–H groups in total. The molecule has 16 heavy (non-hydrogen) atoms. The van der Waals surface area contributed by atoms with E-state index >= 15 is 0 Å². The molecule has 4 nitrogen and oxygen atoms in total. The van der Waals surface area contributed by atoms with Crippen molar-refractivity contribution < 1.29 is 13.5 Å². The molecule has 90 valence electrons. The normalized spacial score (nSPS) is 12.5. The number of hydrogen-bond acceptors (Lipinski definition) is 3. The number of phenols is 1. The minimum absolute atomic E-state index is 0.116. The van der Waals surface area contributed by atoms with Gasteiger partial charge >= 0.3 is 0 Å². The zero-order valence-electron chi connectivity index (χ0n) is 9.93. The topological polar surface area (TPSA) is 57.6 Å². The Balaban J connectivity index is 3.13. The Labute approximate surface area is 96.6 Å². The van der Waals surface area contributed by atoms with Crippen LogP contribution in [0.2, 0.25) is 0 Å². The highest BCUT2D eigenvalue weighted by Gasteiger charge is 2.33. The van der Waals surface area contributed by atoms with Gasteiger partial charge in [-0.05, 0) is 45.0 Å². The highest BCUT2D eigenvalue weighted by Crippen LogP contribution is 2.25. The fourth-order valence-corrected chi connectivity index (χ4v) is 2.43. The van der Waals surface area contributed by atoms with Crippen molar-refractivity contribution in [1.82, 2.24) is 0 Å². The van der Waals surface area contributed by atoms with Crippen LogP contribution in [0.1, 0.15) is 20.8 Å². The summed E-state index contributed by atoms with van der Waals surface area (Å²) in [6.45, 7) is 4.96. The zero-order valence-corrected chi connectivity index (χ0v) is 10.7. The molecular formula is C11H17NO3S. The Kier molecular flexibility index (Phi) is 3.19. The molecule has 0 aromatic heterocycles. The highest BCUT2D eigenvalue weighted by molar-refractivity contribution is 7.94. The number of nitrogens with zero attached hydrogens (tertiary/aromatic N) is 1. The lowest BCUT2D eigenvalue weighted by molar-refractivity contribution is 0.475. The van der Waals surface area contributed by atoms with E-state index in [2.05, 4.69) is 0 Å². The van der Waals surface area contributed by atoms with E-state index in [1.54, 1.807) is 32.9 Å². The molecule has 0 spiro atoms. The molecule has 0 atom stereocenters. The summed E-state index contributed by atoms with van der Waals surface area (Å²) in [4.78, 5) is 0. The van der Waals surface area contributed by atoms with Crippen molar-refractivity contribution in [1.29, 1.82) is 0 Å². The highest BCUT2D eigenvalue weighted by atomic mass is 32.2. The monoisotopic (exact) mass is 243 g/mol. The second-order valence-corrected chi connectivity index (χ2v) is 7.32. The van der Waals surface area contributed by atoms with E-state index in [-0.39, 0.29) is 5.75 Å². The molecule has 0 saturated carbocycles. The average molecular weight is 243 g/mol. The molecule has 1 rings (SSSR count). The van der Waals surface area contributed by atoms with Gasteiger partial charge in [0.2, 0.25) is 10.0 Å². The molecule has 0 aliphatic rings. The average Bonchev–Trinajstić information content (AvgIpc) is 2.16. The van der Waals surface area contributed by atoms with Crippen LogP contribution in [-0.2, 0) is 10.0 Å². The van der Waals surface area contributed by atoms with Crippen LogP contribution in [-0.4, -0.2) is 25.3 Å². The van der Waals surface area contributed by atoms with Crippen LogP contribution in [0.15, 0.2) is 24.3 Å². The van der Waals surface area contributed by atoms with E-state index in [9.17, 15) is 8.42 Å². The molecule has 0 heterocycles. The van der Waals surface area contributed by atoms with Crippen LogP contribution in [0.25, 0.3) is 0 Å². The maximum atomic E-state index is 12.1. The summed E-state index contributed by atoms with van der Waals surface area (Å²) in [7, 11) is -1.88. The van der Waals surface area contributed by atoms with E-state index in [0.717, 1.165) is 0 Å². The molecule has 0 bridgehead atoms. The maximum Gasteiger partial charge on any atom is 0.239 e. The molecule has 0 amide bonds. The fourth-order valence-electron chi connectivity index (χ4n) is 1.21. The van der Waals surface area contributed by atoms with Gasteiger partial charge in [0.1, 0.15) is 5.75 Å². The smallest absolute Gasteiger partial charge is 0.239 e. The summed E-state index contributed by atoms with van der Waals surface area (Å²) in [6, 6.07) is 6.06. The molecule has 5 heteroatoms. The third-order valence-electron chi connectivity index (χ3n) is 2.35. The van der Waals surface area contributed by atoms with Gasteiger partial charge in [0, 0.05) is 7.05 Å². The molecule has 1 aromatic carbocycles. The summed E-state index contributed by atoms with van der Waals surface area (Å²) < 4.78 is 24.6. The molecule has 1 aromatic rings. The first-order chi connectivity index (χ1) is 7.16. The van der Waals surface area contributed by atoms with E-state index in [1.807, 2.05) is 0 Å². The van der Waals surface area contributed by atoms with Gasteiger partial charge < -0.3 is 5.11 Å². The second-order valence-electron chi connectivity index (χ2n) is 4.60. The summed E-state index contributed by atoms with van der Waals surface area (Å²) in [6.07, 6.45) is 0. The lowest BCUT2D eigenvalue weighted by Gasteiger charge is -2.28. The Morgan fingerprint density at radius 3 is 1.94 bits per heavy atom. The van der Waals surface area contributed by atoms with E-state index < -0.39 is 14.8 Å². The Morgan fingerprint density at radius 1 is 1.12 bits per heavy atom. The van der Waals surface area contributed by atoms with Gasteiger partial charge in [0.25, 0.3) is 0 Å². The van der Waals surface area contributed by atoms with Gasteiger partial charge in [0.05, 0.1) is 10.4 Å². The first-order valence-corrected chi connectivity index (χ1v) is 6.38. The number of benzene rings is 1. The van der Waals surface area contributed by atoms with Crippen LogP contribution in [0.3, 0.4) is 0 Å². The van der Waals surface area contributed by atoms with Crippen LogP contribution in [0, 0.1) is 0 Å². The van der Waals surface area contributed by atoms with E-state index in [1.165, 1.54) is 23.5 Å². The van der Waals surface area contributed by atoms with Crippen molar-refractivity contribution in [3.63, 3.8) is 0 Å². The number of aromatic hydroxyl groups is 1. The predicted octanol–water partition coefficient (Wildman–Crippen LogP) is 1.96. The minimum atomic E-state index is -3.39. The molecule has 0 radical (unpaired) electrons. The summed E-state index contributed by atoms with van der Waals surface area (Å²) in [5.74, 6) is 0.116. The van der Waals surface area contributed by atoms with Gasteiger partial charge in [-0.1, -0.05) is 0 Å². The van der Waals surface area contributed by atoms with Gasteiger partial charge in [-0.25, -0.2) is 8.42 Å². The van der Waals surface area contributed by atoms with Crippen molar-refractivity contribution in [3.05, 3.63) is 24.3 Å². The Morgan fingerprint density at radius 2 is 1.56 bits per heavy atom. The summed E-state index contributed by atoms with van der Waals surface area (Å²) in [5.41, 5.74) is 0.535. The molecule has 0 aliphatic carbocycles. The fraction of sp³-hybridized carbons (Fsp3) is 0.455. The van der Waals surface area contributed by atoms with Crippen molar-refractivity contribution >= 4 is 15.7 Å². The Bertz CT molecular complexity index is 457. The van der Waals surface area contributed by atoms with Gasteiger partial charge in [-0.3, -0.25) is 4.31 Å². The van der Waals surface area contributed by atoms with Crippen molar-refractivity contribution in [2.45, 2.75) is 25.5 Å². The van der Waals surface area contributed by atoms with Gasteiger partial charge in [0.15, 0.2) is 0 Å². The van der Waals surface area contributed by atoms with E-state index in [0.29, 0.717) is 5.69 Å². The number of hydrogen-bond donors (Lipinski definition) is 1. The van der Waals surface area contributed by atoms with Crippen LogP contribution >= 0.6 is 0 Å². The first kappa shape index (κ1) is 12.8. The molecule has 0 fully saturated rings. The number of phenolic OH excluding ortho intramolecular Hbond substituents is 1. The summed E-state index contributed by atoms with van der Waals surface area (Å²) >= 11 is 0. The quantitative estimate of drug-likeness (QED) is 0.863. The van der Waals surface area contributed by atoms with Crippen molar-refractivity contribution in [2.75, 3.05) is 11.4 Å². The molecule has 0 unspecified atom stereocenters. The SMILES string of the molecule is CN(c1ccc(O)cc1)S(=O)(=O)C(C)(C)C. The lowest BCUT2D eigenvalue weighted by atomic mass is 10.3. The van der Waals surface area contributed by atoms with Crippen molar-refractivity contribution in [3.8, 4) is 5.75 Å². The Hall–Kier alpha value is -1.23. The van der Waals surface area contributed by atoms with Crippen LogP contribution in [0.5, 0.6) is 5.75 Å². The van der Waals surface area contributed by atoms with Crippen molar-refractivity contribution in [2.24, 2.45) is 0 Å². The van der Waals surface area contributed by atoms with Crippen LogP contribution in [0.4, 0.5) is 5.69 Å². The first-order valence-electron chi connectivity index (χ1n) is 4.94. The second kappa shape index (κ2) is 3.97. The molecular weight excluding hydrogens is 226 g/mol. The van der Waals surface area contributed by atoms with E-state index in [4.69, 9.17) is 5.11 Å². The zero-order chi connectivity index (χ0) is 12.6. The maximum absolute atomic E-state index is 12.1. The van der Waals surface area contributed by atoms with Gasteiger partial charge in [-0.2, -0.15) is 0 Å². The largest absolute Gasteiger partial charge is 0.508 e. The van der Waals surface area contributed by atoms with Crippen LogP contribution < -0.4 is 4.31 Å². The molecule has 0 aliphatic heterocycles. The number of rotatable bonds is 2. The third-order valence-corrected chi connectivity index (χ3v) is 4.83. The summed E-state index contributed by atoms with van der Waals surface area (Å²) in [5, 5.41) is 9.13. The number of anilines is 1.